The maximum atomic E-state index is 6.58. The molecule has 0 N–H and O–H groups in total. The highest BCUT2D eigenvalue weighted by Crippen LogP contribution is 2.44. The van der Waals surface area contributed by atoms with Crippen molar-refractivity contribution in [2.45, 2.75) is 0 Å². The lowest BCUT2D eigenvalue weighted by Gasteiger charge is -2.09. The van der Waals surface area contributed by atoms with Crippen LogP contribution in [0.15, 0.2) is 280 Å². The second-order valence-electron chi connectivity index (χ2n) is 22.1. The van der Waals surface area contributed by atoms with Gasteiger partial charge in [-0.1, -0.05) is 188 Å². The van der Waals surface area contributed by atoms with Crippen molar-refractivity contribution in [2.24, 2.45) is 0 Å². The Kier molecular flexibility index (Phi) is 11.3. The third-order valence-electron chi connectivity index (χ3n) is 16.8. The van der Waals surface area contributed by atoms with Gasteiger partial charge in [0, 0.05) is 85.9 Å². The molecule has 0 bridgehead atoms. The molecule has 6 heterocycles. The van der Waals surface area contributed by atoms with Gasteiger partial charge in [-0.3, -0.25) is 0 Å². The molecule has 10 heteroatoms. The molecule has 88 heavy (non-hydrogen) atoms. The second-order valence-corrected chi connectivity index (χ2v) is 23.2. The lowest BCUT2D eigenvalue weighted by Crippen LogP contribution is -2.00. The number of furan rings is 3. The number of thiophene rings is 1. The molecule has 18 rings (SSSR count). The molecule has 0 atom stereocenters. The number of nitrogens with zero attached hydrogens (tertiary/aromatic N) is 6. The number of rotatable bonds is 9. The molecular formula is C78H44N6O3S. The number of fused-ring (bicyclic) bond motifs is 12. The smallest absolute Gasteiger partial charge is 0.164 e. The Morgan fingerprint density at radius 1 is 0.205 bits per heavy atom. The van der Waals surface area contributed by atoms with E-state index in [1.807, 2.05) is 133 Å². The molecule has 0 aliphatic heterocycles. The van der Waals surface area contributed by atoms with Crippen LogP contribution < -0.4 is 0 Å². The Morgan fingerprint density at radius 2 is 0.568 bits per heavy atom. The average Bonchev–Trinajstić information content (AvgIpc) is 1.83. The van der Waals surface area contributed by atoms with Gasteiger partial charge in [0.2, 0.25) is 0 Å². The van der Waals surface area contributed by atoms with Crippen molar-refractivity contribution in [1.29, 1.82) is 0 Å². The molecule has 410 valence electrons. The summed E-state index contributed by atoms with van der Waals surface area (Å²) in [5, 5.41) is 8.79. The summed E-state index contributed by atoms with van der Waals surface area (Å²) < 4.78 is 21.7. The highest BCUT2D eigenvalue weighted by Gasteiger charge is 2.20. The zero-order chi connectivity index (χ0) is 57.8. The minimum absolute atomic E-state index is 0.561. The third kappa shape index (κ3) is 8.45. The lowest BCUT2D eigenvalue weighted by molar-refractivity contribution is 0.668. The first kappa shape index (κ1) is 49.7. The molecule has 0 aliphatic carbocycles. The molecule has 0 saturated carbocycles. The minimum atomic E-state index is 0.561. The van der Waals surface area contributed by atoms with Crippen molar-refractivity contribution >= 4 is 97.3 Å². The fourth-order valence-corrected chi connectivity index (χ4v) is 13.6. The summed E-state index contributed by atoms with van der Waals surface area (Å²) in [6.45, 7) is 0. The van der Waals surface area contributed by atoms with E-state index in [0.717, 1.165) is 127 Å². The molecule has 0 spiro atoms. The van der Waals surface area contributed by atoms with Gasteiger partial charge in [-0.15, -0.1) is 11.3 Å². The van der Waals surface area contributed by atoms with E-state index in [1.54, 1.807) is 0 Å². The Labute approximate surface area is 506 Å². The fraction of sp³-hybridized carbons (Fsp3) is 0. The molecule has 9 nitrogen and oxygen atoms in total. The number of benzene rings is 12. The second kappa shape index (κ2) is 20.0. The quantitative estimate of drug-likeness (QED) is 0.139. The molecule has 6 aromatic heterocycles. The van der Waals surface area contributed by atoms with E-state index < -0.39 is 0 Å². The highest BCUT2D eigenvalue weighted by molar-refractivity contribution is 7.26. The van der Waals surface area contributed by atoms with Crippen LogP contribution in [0.3, 0.4) is 0 Å². The normalized spacial score (nSPS) is 11.9. The van der Waals surface area contributed by atoms with Crippen molar-refractivity contribution < 1.29 is 13.3 Å². The van der Waals surface area contributed by atoms with Gasteiger partial charge in [0.25, 0.3) is 0 Å². The molecule has 0 radical (unpaired) electrons. The molecule has 0 aliphatic rings. The standard InChI is InChI=1S/C78H44N6O3S/c1-4-13-46(14-5-1)73-79-74(47-15-6-2-7-16-47)82-77(81-73)54-29-34-59-63-41-53(32-38-67(63)87-69(59)43-54)56-20-12-22-70-72(56)60-35-27-52(44-71(60)88-70)45-23-25-49(26-24-45)76-80-75(48-17-8-3-9-18-48)83-78(84-76)55-28-33-58-62-40-51(31-37-66(62)86-68(58)42-55)50-30-36-65-61(39-50)57-19-10-11-21-64(57)85-65/h1-44H. The predicted octanol–water partition coefficient (Wildman–Crippen LogP) is 21.1. The van der Waals surface area contributed by atoms with Crippen molar-refractivity contribution in [2.75, 3.05) is 0 Å². The van der Waals surface area contributed by atoms with Crippen LogP contribution in [-0.2, 0) is 0 Å². The molecule has 18 aromatic rings. The van der Waals surface area contributed by atoms with Gasteiger partial charge in [-0.2, -0.15) is 0 Å². The summed E-state index contributed by atoms with van der Waals surface area (Å²) in [4.78, 5) is 30.1. The van der Waals surface area contributed by atoms with E-state index >= 15 is 0 Å². The summed E-state index contributed by atoms with van der Waals surface area (Å²) in [5.74, 6) is 3.55. The summed E-state index contributed by atoms with van der Waals surface area (Å²) in [6, 6.07) is 92.1. The van der Waals surface area contributed by atoms with Gasteiger partial charge in [-0.05, 0) is 112 Å². The minimum Gasteiger partial charge on any atom is -0.456 e. The maximum Gasteiger partial charge on any atom is 0.164 e. The molecule has 0 amide bonds. The Hall–Kier alpha value is -11.7. The van der Waals surface area contributed by atoms with E-state index in [-0.39, 0.29) is 0 Å². The predicted molar refractivity (Wildman–Crippen MR) is 357 cm³/mol. The van der Waals surface area contributed by atoms with E-state index in [0.29, 0.717) is 34.9 Å². The fourth-order valence-electron chi connectivity index (χ4n) is 12.4. The number of hydrogen-bond donors (Lipinski definition) is 0. The first-order valence-corrected chi connectivity index (χ1v) is 29.9. The van der Waals surface area contributed by atoms with E-state index in [2.05, 4.69) is 146 Å². The highest BCUT2D eigenvalue weighted by atomic mass is 32.1. The largest absolute Gasteiger partial charge is 0.456 e. The summed E-state index contributed by atoms with van der Waals surface area (Å²) in [7, 11) is 0. The van der Waals surface area contributed by atoms with Gasteiger partial charge >= 0.3 is 0 Å². The van der Waals surface area contributed by atoms with Crippen molar-refractivity contribution in [1.82, 2.24) is 29.9 Å². The molecule has 0 fully saturated rings. The van der Waals surface area contributed by atoms with Crippen LogP contribution in [0, 0.1) is 0 Å². The first-order valence-electron chi connectivity index (χ1n) is 29.1. The number of aromatic nitrogens is 6. The van der Waals surface area contributed by atoms with Crippen molar-refractivity contribution in [3.8, 4) is 102 Å². The van der Waals surface area contributed by atoms with Gasteiger partial charge in [0.05, 0.1) is 0 Å². The van der Waals surface area contributed by atoms with Gasteiger partial charge in [0.1, 0.15) is 33.5 Å². The SMILES string of the molecule is c1ccc(-c2nc(-c3ccc(-c4ccc5c(c4)sc4cccc(-c6ccc7oc8cc(-c9nc(-c%10ccccc%10)nc(-c%10ccccc%10)n9)ccc8c7c6)c45)cc3)nc(-c3ccc4c(c3)oc3ccc(-c5ccc6oc7ccccc7c6c5)cc34)n2)cc1. The zero-order valence-electron chi connectivity index (χ0n) is 46.7. The van der Waals surface area contributed by atoms with Crippen LogP contribution in [0.5, 0.6) is 0 Å². The third-order valence-corrected chi connectivity index (χ3v) is 17.9. The van der Waals surface area contributed by atoms with Crippen LogP contribution >= 0.6 is 11.3 Å². The van der Waals surface area contributed by atoms with Crippen LogP contribution in [0.2, 0.25) is 0 Å². The van der Waals surface area contributed by atoms with Crippen LogP contribution in [0.1, 0.15) is 0 Å². The molecule has 0 saturated heterocycles. The monoisotopic (exact) mass is 1140 g/mol. The van der Waals surface area contributed by atoms with Gasteiger partial charge < -0.3 is 13.3 Å². The Bertz CT molecular complexity index is 5760. The van der Waals surface area contributed by atoms with E-state index in [1.165, 1.54) is 25.7 Å². The van der Waals surface area contributed by atoms with Crippen LogP contribution in [0.4, 0.5) is 0 Å². The summed E-state index contributed by atoms with van der Waals surface area (Å²) >= 11 is 1.82. The lowest BCUT2D eigenvalue weighted by atomic mass is 9.96. The number of para-hydroxylation sites is 1. The van der Waals surface area contributed by atoms with Crippen molar-refractivity contribution in [3.05, 3.63) is 267 Å². The van der Waals surface area contributed by atoms with Crippen LogP contribution in [-0.4, -0.2) is 29.9 Å². The van der Waals surface area contributed by atoms with Crippen molar-refractivity contribution in [3.63, 3.8) is 0 Å². The van der Waals surface area contributed by atoms with Gasteiger partial charge in [-0.25, -0.2) is 29.9 Å². The molecule has 12 aromatic carbocycles. The summed E-state index contributed by atoms with van der Waals surface area (Å²) in [6.07, 6.45) is 0. The van der Waals surface area contributed by atoms with E-state index in [9.17, 15) is 0 Å². The topological polar surface area (TPSA) is 117 Å². The number of hydrogen-bond acceptors (Lipinski definition) is 10. The zero-order valence-corrected chi connectivity index (χ0v) is 47.5. The Morgan fingerprint density at radius 3 is 1.10 bits per heavy atom. The molecule has 0 unspecified atom stereocenters. The summed E-state index contributed by atoms with van der Waals surface area (Å²) in [5.41, 5.74) is 17.0. The molecular weight excluding hydrogens is 1100 g/mol. The first-order chi connectivity index (χ1) is 43.5. The van der Waals surface area contributed by atoms with E-state index in [4.69, 9.17) is 43.2 Å². The maximum absolute atomic E-state index is 6.58. The van der Waals surface area contributed by atoms with Gasteiger partial charge in [0.15, 0.2) is 34.9 Å². The van der Waals surface area contributed by atoms with Crippen LogP contribution in [0.25, 0.3) is 188 Å². The average molecular weight is 1150 g/mol. The Balaban J connectivity index is 0.648.